The lowest BCUT2D eigenvalue weighted by Gasteiger charge is -2.34. The van der Waals surface area contributed by atoms with E-state index in [4.69, 9.17) is 9.47 Å². The van der Waals surface area contributed by atoms with Gasteiger partial charge in [-0.3, -0.25) is 4.79 Å². The number of hydrogen-bond donors (Lipinski definition) is 0. The molecule has 2 aromatic heterocycles. The van der Waals surface area contributed by atoms with Gasteiger partial charge in [0.25, 0.3) is 0 Å². The van der Waals surface area contributed by atoms with Gasteiger partial charge in [-0.05, 0) is 37.1 Å². The number of halogens is 6. The Bertz CT molecular complexity index is 1140. The number of allylic oxidation sites excluding steroid dienone is 2. The standard InChI is InChI=1S/C22H20F6O3S2/c1-10-13(5-12(7-29)32-10)16-17(21(25,26)22(27,28)20(16,23)24)14-6-15(33-11(14)2)18-30-8-19(3,4)9-31-18/h5-7,18H,8-9H2,1-4H3. The molecule has 180 valence electrons. The molecule has 0 unspecified atom stereocenters. The molecular formula is C22H20F6O3S2. The van der Waals surface area contributed by atoms with Crippen LogP contribution in [0.2, 0.25) is 0 Å². The maximum Gasteiger partial charge on any atom is 0.380 e. The van der Waals surface area contributed by atoms with Crippen molar-refractivity contribution < 1.29 is 40.6 Å². The molecule has 0 amide bonds. The highest BCUT2D eigenvalue weighted by atomic mass is 32.1. The Hall–Kier alpha value is -1.69. The van der Waals surface area contributed by atoms with Gasteiger partial charge in [-0.15, -0.1) is 22.7 Å². The Morgan fingerprint density at radius 1 is 0.879 bits per heavy atom. The van der Waals surface area contributed by atoms with Crippen molar-refractivity contribution in [1.29, 1.82) is 0 Å². The van der Waals surface area contributed by atoms with Crippen molar-refractivity contribution in [2.45, 2.75) is 51.8 Å². The molecule has 1 fully saturated rings. The number of ether oxygens (including phenoxy) is 2. The van der Waals surface area contributed by atoms with Crippen molar-refractivity contribution in [3.8, 4) is 0 Å². The fraction of sp³-hybridized carbons (Fsp3) is 0.500. The van der Waals surface area contributed by atoms with Gasteiger partial charge >= 0.3 is 17.8 Å². The van der Waals surface area contributed by atoms with Gasteiger partial charge in [-0.1, -0.05) is 13.8 Å². The zero-order valence-corrected chi connectivity index (χ0v) is 19.7. The molecule has 0 spiro atoms. The molecule has 0 aromatic carbocycles. The first-order chi connectivity index (χ1) is 15.1. The fourth-order valence-corrected chi connectivity index (χ4v) is 5.85. The van der Waals surface area contributed by atoms with Gasteiger partial charge in [0.15, 0.2) is 12.6 Å². The van der Waals surface area contributed by atoms with Crippen molar-refractivity contribution in [3.05, 3.63) is 42.8 Å². The van der Waals surface area contributed by atoms with E-state index in [0.29, 0.717) is 24.4 Å². The Kier molecular flexibility index (Phi) is 5.67. The summed E-state index contributed by atoms with van der Waals surface area (Å²) in [6, 6.07) is 2.11. The number of aryl methyl sites for hydroxylation is 2. The third-order valence-corrected chi connectivity index (χ3v) is 7.73. The van der Waals surface area contributed by atoms with Gasteiger partial charge in [0.05, 0.1) is 23.0 Å². The van der Waals surface area contributed by atoms with Crippen LogP contribution in [0.25, 0.3) is 11.1 Å². The Morgan fingerprint density at radius 3 is 1.85 bits per heavy atom. The second-order valence-electron chi connectivity index (χ2n) is 8.95. The average Bonchev–Trinajstić information content (AvgIpc) is 3.29. The van der Waals surface area contributed by atoms with E-state index in [-0.39, 0.29) is 20.0 Å². The predicted molar refractivity (Wildman–Crippen MR) is 114 cm³/mol. The highest BCUT2D eigenvalue weighted by Gasteiger charge is 2.80. The maximum atomic E-state index is 15.0. The zero-order chi connectivity index (χ0) is 24.6. The highest BCUT2D eigenvalue weighted by molar-refractivity contribution is 7.14. The number of carbonyl (C=O) groups excluding carboxylic acids is 1. The highest BCUT2D eigenvalue weighted by Crippen LogP contribution is 2.65. The summed E-state index contributed by atoms with van der Waals surface area (Å²) in [5.41, 5.74) is -4.07. The second kappa shape index (κ2) is 7.66. The molecule has 4 rings (SSSR count). The monoisotopic (exact) mass is 510 g/mol. The summed E-state index contributed by atoms with van der Waals surface area (Å²) < 4.78 is 100. The topological polar surface area (TPSA) is 35.5 Å². The summed E-state index contributed by atoms with van der Waals surface area (Å²) >= 11 is 1.73. The molecule has 1 saturated heterocycles. The van der Waals surface area contributed by atoms with Crippen LogP contribution in [0, 0.1) is 19.3 Å². The molecule has 1 aliphatic heterocycles. The molecule has 0 atom stereocenters. The van der Waals surface area contributed by atoms with E-state index in [1.165, 1.54) is 13.8 Å². The van der Waals surface area contributed by atoms with Crippen LogP contribution >= 0.6 is 22.7 Å². The minimum absolute atomic E-state index is 0.0296. The van der Waals surface area contributed by atoms with Crippen LogP contribution in [-0.4, -0.2) is 37.3 Å². The summed E-state index contributed by atoms with van der Waals surface area (Å²) in [5.74, 6) is -16.0. The smallest absolute Gasteiger partial charge is 0.347 e. The zero-order valence-electron chi connectivity index (χ0n) is 18.0. The fourth-order valence-electron chi connectivity index (χ4n) is 3.97. The third kappa shape index (κ3) is 3.59. The van der Waals surface area contributed by atoms with Crippen molar-refractivity contribution in [2.75, 3.05) is 13.2 Å². The van der Waals surface area contributed by atoms with Crippen molar-refractivity contribution >= 4 is 40.1 Å². The average molecular weight is 511 g/mol. The van der Waals surface area contributed by atoms with E-state index in [1.807, 2.05) is 13.8 Å². The number of aldehydes is 1. The van der Waals surface area contributed by atoms with Crippen LogP contribution in [0.3, 0.4) is 0 Å². The second-order valence-corrected chi connectivity index (χ2v) is 11.5. The van der Waals surface area contributed by atoms with E-state index in [0.717, 1.165) is 34.8 Å². The maximum absolute atomic E-state index is 15.0. The number of alkyl halides is 6. The van der Waals surface area contributed by atoms with Crippen molar-refractivity contribution in [3.63, 3.8) is 0 Å². The van der Waals surface area contributed by atoms with Crippen LogP contribution < -0.4 is 0 Å². The summed E-state index contributed by atoms with van der Waals surface area (Å²) in [6.07, 6.45) is -0.557. The number of carbonyl (C=O) groups is 1. The van der Waals surface area contributed by atoms with E-state index < -0.39 is 46.3 Å². The van der Waals surface area contributed by atoms with E-state index in [2.05, 4.69) is 0 Å². The summed E-state index contributed by atoms with van der Waals surface area (Å²) in [5, 5.41) is 0. The summed E-state index contributed by atoms with van der Waals surface area (Å²) in [7, 11) is 0. The van der Waals surface area contributed by atoms with Crippen LogP contribution in [0.4, 0.5) is 26.3 Å². The minimum Gasteiger partial charge on any atom is -0.347 e. The molecule has 0 bridgehead atoms. The third-order valence-electron chi connectivity index (χ3n) is 5.68. The Balaban J connectivity index is 1.91. The van der Waals surface area contributed by atoms with Crippen molar-refractivity contribution in [2.24, 2.45) is 5.41 Å². The van der Waals surface area contributed by atoms with Crippen LogP contribution in [0.15, 0.2) is 12.1 Å². The van der Waals surface area contributed by atoms with Gasteiger partial charge in [0, 0.05) is 26.3 Å². The normalized spacial score (nSPS) is 23.8. The first-order valence-electron chi connectivity index (χ1n) is 9.92. The van der Waals surface area contributed by atoms with Gasteiger partial charge in [-0.2, -0.15) is 26.3 Å². The lowest BCUT2D eigenvalue weighted by molar-refractivity contribution is -0.254. The van der Waals surface area contributed by atoms with Crippen LogP contribution in [0.5, 0.6) is 0 Å². The SMILES string of the molecule is Cc1sc(C=O)cc1C1=C(c2cc(C3OCC(C)(C)CO3)sc2C)C(F)(F)C(F)(F)C1(F)F. The van der Waals surface area contributed by atoms with E-state index in [1.54, 1.807) is 0 Å². The first kappa shape index (κ1) is 24.4. The van der Waals surface area contributed by atoms with E-state index >= 15 is 8.78 Å². The molecule has 2 aliphatic rings. The van der Waals surface area contributed by atoms with Crippen LogP contribution in [-0.2, 0) is 9.47 Å². The lowest BCUT2D eigenvalue weighted by Crippen LogP contribution is -2.48. The lowest BCUT2D eigenvalue weighted by atomic mass is 9.94. The van der Waals surface area contributed by atoms with Crippen molar-refractivity contribution in [1.82, 2.24) is 0 Å². The number of hydrogen-bond acceptors (Lipinski definition) is 5. The molecule has 2 aromatic rings. The van der Waals surface area contributed by atoms with Gasteiger partial charge in [0.2, 0.25) is 0 Å². The molecule has 1 aliphatic carbocycles. The molecule has 3 heterocycles. The molecule has 0 saturated carbocycles. The van der Waals surface area contributed by atoms with Gasteiger partial charge < -0.3 is 9.47 Å². The Labute approximate surface area is 194 Å². The molecule has 0 radical (unpaired) electrons. The molecular weight excluding hydrogens is 490 g/mol. The summed E-state index contributed by atoms with van der Waals surface area (Å²) in [6.45, 7) is 7.15. The quantitative estimate of drug-likeness (QED) is 0.324. The molecule has 3 nitrogen and oxygen atoms in total. The summed E-state index contributed by atoms with van der Waals surface area (Å²) in [4.78, 5) is 11.6. The van der Waals surface area contributed by atoms with Gasteiger partial charge in [-0.25, -0.2) is 0 Å². The predicted octanol–water partition coefficient (Wildman–Crippen LogP) is 7.14. The molecule has 33 heavy (non-hydrogen) atoms. The van der Waals surface area contributed by atoms with Gasteiger partial charge in [0.1, 0.15) is 0 Å². The first-order valence-corrected chi connectivity index (χ1v) is 11.6. The number of thiophene rings is 2. The Morgan fingerprint density at radius 2 is 1.36 bits per heavy atom. The minimum atomic E-state index is -5.66. The molecule has 0 N–H and O–H groups in total. The number of rotatable bonds is 4. The molecule has 11 heteroatoms. The largest absolute Gasteiger partial charge is 0.380 e. The van der Waals surface area contributed by atoms with Crippen LogP contribution in [0.1, 0.15) is 55.6 Å². The van der Waals surface area contributed by atoms with E-state index in [9.17, 15) is 22.4 Å².